The summed E-state index contributed by atoms with van der Waals surface area (Å²) >= 11 is 1.56. The third-order valence-corrected chi connectivity index (χ3v) is 3.84. The topological polar surface area (TPSA) is 58.6 Å². The van der Waals surface area contributed by atoms with E-state index in [0.29, 0.717) is 19.8 Å². The minimum Gasteiger partial charge on any atom is -0.394 e. The Labute approximate surface area is 118 Å². The summed E-state index contributed by atoms with van der Waals surface area (Å²) < 4.78 is 5.13. The molecule has 1 heterocycles. The number of amides is 1. The van der Waals surface area contributed by atoms with Gasteiger partial charge in [0.15, 0.2) is 0 Å². The van der Waals surface area contributed by atoms with Crippen LogP contribution in [0.15, 0.2) is 6.07 Å². The molecule has 4 nitrogen and oxygen atoms in total. The summed E-state index contributed by atoms with van der Waals surface area (Å²) in [5.74, 6) is -0.00221. The largest absolute Gasteiger partial charge is 0.394 e. The number of nitrogens with one attached hydrogen (secondary N) is 1. The molecule has 0 atom stereocenters. The van der Waals surface area contributed by atoms with Crippen LogP contribution in [0, 0.1) is 6.92 Å². The van der Waals surface area contributed by atoms with Crippen LogP contribution in [0.3, 0.4) is 0 Å². The van der Waals surface area contributed by atoms with Crippen LogP contribution < -0.4 is 5.32 Å². The van der Waals surface area contributed by atoms with Crippen molar-refractivity contribution in [2.24, 2.45) is 0 Å². The van der Waals surface area contributed by atoms with E-state index >= 15 is 0 Å². The van der Waals surface area contributed by atoms with Crippen LogP contribution >= 0.6 is 11.3 Å². The molecule has 2 N–H and O–H groups in total. The van der Waals surface area contributed by atoms with Crippen LogP contribution in [0.25, 0.3) is 0 Å². The Kier molecular flexibility index (Phi) is 7.70. The van der Waals surface area contributed by atoms with E-state index in [0.717, 1.165) is 24.1 Å². The number of aliphatic hydroxyl groups is 1. The van der Waals surface area contributed by atoms with E-state index in [9.17, 15) is 4.79 Å². The summed E-state index contributed by atoms with van der Waals surface area (Å²) in [6, 6.07) is 2.00. The van der Waals surface area contributed by atoms with Gasteiger partial charge in [0.1, 0.15) is 0 Å². The normalized spacial score (nSPS) is 10.7. The molecule has 1 rings (SSSR count). The average Bonchev–Trinajstić information content (AvgIpc) is 2.76. The maximum Gasteiger partial charge on any atom is 0.261 e. The third kappa shape index (κ3) is 5.72. The molecule has 1 aromatic rings. The van der Waals surface area contributed by atoms with Crippen molar-refractivity contribution in [3.63, 3.8) is 0 Å². The Morgan fingerprint density at radius 1 is 1.47 bits per heavy atom. The first kappa shape index (κ1) is 16.1. The van der Waals surface area contributed by atoms with Crippen molar-refractivity contribution in [1.82, 2.24) is 5.32 Å². The second-order valence-corrected chi connectivity index (χ2v) is 5.64. The molecule has 0 saturated heterocycles. The minimum atomic E-state index is -0.00221. The lowest BCUT2D eigenvalue weighted by Crippen LogP contribution is -2.24. The number of hydrogen-bond acceptors (Lipinski definition) is 4. The Balaban J connectivity index is 2.31. The number of thiophene rings is 1. The van der Waals surface area contributed by atoms with Gasteiger partial charge in [-0.1, -0.05) is 13.3 Å². The van der Waals surface area contributed by atoms with E-state index in [1.54, 1.807) is 11.3 Å². The molecule has 0 radical (unpaired) electrons. The Morgan fingerprint density at radius 2 is 2.26 bits per heavy atom. The zero-order chi connectivity index (χ0) is 14.1. The SMILES string of the molecule is CCCc1cc(C(=O)NCCCOCCO)sc1C. The van der Waals surface area contributed by atoms with Gasteiger partial charge in [-0.3, -0.25) is 4.79 Å². The number of ether oxygens (including phenoxy) is 1. The first-order valence-corrected chi connectivity index (χ1v) is 7.56. The highest BCUT2D eigenvalue weighted by Gasteiger charge is 2.11. The van der Waals surface area contributed by atoms with Crippen molar-refractivity contribution in [2.45, 2.75) is 33.1 Å². The summed E-state index contributed by atoms with van der Waals surface area (Å²) in [7, 11) is 0. The van der Waals surface area contributed by atoms with Crippen molar-refractivity contribution in [1.29, 1.82) is 0 Å². The van der Waals surface area contributed by atoms with Crippen molar-refractivity contribution >= 4 is 17.2 Å². The molecule has 1 aromatic heterocycles. The third-order valence-electron chi connectivity index (χ3n) is 2.75. The van der Waals surface area contributed by atoms with Crippen LogP contribution in [-0.2, 0) is 11.2 Å². The van der Waals surface area contributed by atoms with Crippen LogP contribution in [-0.4, -0.2) is 37.4 Å². The van der Waals surface area contributed by atoms with Gasteiger partial charge in [0.2, 0.25) is 0 Å². The van der Waals surface area contributed by atoms with Gasteiger partial charge in [-0.05, 0) is 31.4 Å². The summed E-state index contributed by atoms with van der Waals surface area (Å²) in [6.07, 6.45) is 2.89. The second-order valence-electron chi connectivity index (χ2n) is 4.39. The van der Waals surface area contributed by atoms with Crippen LogP contribution in [0.5, 0.6) is 0 Å². The van der Waals surface area contributed by atoms with E-state index in [1.807, 2.05) is 6.07 Å². The van der Waals surface area contributed by atoms with Gasteiger partial charge >= 0.3 is 0 Å². The molecule has 108 valence electrons. The van der Waals surface area contributed by atoms with Crippen molar-refractivity contribution in [3.8, 4) is 0 Å². The van der Waals surface area contributed by atoms with Gasteiger partial charge < -0.3 is 15.2 Å². The number of carbonyl (C=O) groups excluding carboxylic acids is 1. The predicted molar refractivity (Wildman–Crippen MR) is 77.9 cm³/mol. The number of aliphatic hydroxyl groups excluding tert-OH is 1. The first-order chi connectivity index (χ1) is 9.19. The molecule has 0 spiro atoms. The molecule has 19 heavy (non-hydrogen) atoms. The van der Waals surface area contributed by atoms with Crippen molar-refractivity contribution < 1.29 is 14.6 Å². The van der Waals surface area contributed by atoms with Crippen LogP contribution in [0.1, 0.15) is 39.9 Å². The van der Waals surface area contributed by atoms with Crippen molar-refractivity contribution in [3.05, 3.63) is 21.4 Å². The number of rotatable bonds is 9. The molecule has 1 amide bonds. The van der Waals surface area contributed by atoms with Gasteiger partial charge in [-0.15, -0.1) is 11.3 Å². The Bertz CT molecular complexity index is 390. The molecule has 0 fully saturated rings. The number of hydrogen-bond donors (Lipinski definition) is 2. The highest BCUT2D eigenvalue weighted by molar-refractivity contribution is 7.14. The fourth-order valence-corrected chi connectivity index (χ4v) is 2.77. The monoisotopic (exact) mass is 285 g/mol. The van der Waals surface area contributed by atoms with Crippen LogP contribution in [0.2, 0.25) is 0 Å². The minimum absolute atomic E-state index is 0.00221. The molecule has 0 saturated carbocycles. The second kappa shape index (κ2) is 9.07. The highest BCUT2D eigenvalue weighted by Crippen LogP contribution is 2.22. The quantitative estimate of drug-likeness (QED) is 0.683. The fraction of sp³-hybridized carbons (Fsp3) is 0.643. The smallest absolute Gasteiger partial charge is 0.261 e. The molecule has 0 aliphatic carbocycles. The van der Waals surface area contributed by atoms with Gasteiger partial charge in [-0.25, -0.2) is 0 Å². The summed E-state index contributed by atoms with van der Waals surface area (Å²) in [6.45, 7) is 5.77. The number of carbonyl (C=O) groups is 1. The molecule has 5 heteroatoms. The van der Waals surface area contributed by atoms with Crippen molar-refractivity contribution in [2.75, 3.05) is 26.4 Å². The predicted octanol–water partition coefficient (Wildman–Crippen LogP) is 2.14. The summed E-state index contributed by atoms with van der Waals surface area (Å²) in [5, 5.41) is 11.4. The van der Waals surface area contributed by atoms with E-state index in [1.165, 1.54) is 10.4 Å². The lowest BCUT2D eigenvalue weighted by molar-refractivity contribution is 0.0869. The molecule has 0 unspecified atom stereocenters. The molecule has 0 aliphatic heterocycles. The zero-order valence-electron chi connectivity index (χ0n) is 11.7. The van der Waals surface area contributed by atoms with Gasteiger partial charge in [-0.2, -0.15) is 0 Å². The first-order valence-electron chi connectivity index (χ1n) is 6.75. The van der Waals surface area contributed by atoms with E-state index in [2.05, 4.69) is 19.2 Å². The lowest BCUT2D eigenvalue weighted by atomic mass is 10.1. The molecule has 0 aromatic carbocycles. The molecular formula is C14H23NO3S. The van der Waals surface area contributed by atoms with E-state index in [-0.39, 0.29) is 12.5 Å². The Morgan fingerprint density at radius 3 is 2.95 bits per heavy atom. The number of aryl methyl sites for hydroxylation is 2. The zero-order valence-corrected chi connectivity index (χ0v) is 12.5. The maximum absolute atomic E-state index is 11.9. The standard InChI is InChI=1S/C14H23NO3S/c1-3-5-12-10-13(19-11(12)2)14(17)15-6-4-8-18-9-7-16/h10,16H,3-9H2,1-2H3,(H,15,17). The maximum atomic E-state index is 11.9. The average molecular weight is 285 g/mol. The lowest BCUT2D eigenvalue weighted by Gasteiger charge is -2.04. The van der Waals surface area contributed by atoms with Gasteiger partial charge in [0.05, 0.1) is 18.1 Å². The highest BCUT2D eigenvalue weighted by atomic mass is 32.1. The summed E-state index contributed by atoms with van der Waals surface area (Å²) in [5.41, 5.74) is 1.28. The van der Waals surface area contributed by atoms with E-state index in [4.69, 9.17) is 9.84 Å². The molecule has 0 bridgehead atoms. The molecular weight excluding hydrogens is 262 g/mol. The van der Waals surface area contributed by atoms with Gasteiger partial charge in [0.25, 0.3) is 5.91 Å². The molecule has 0 aliphatic rings. The Hall–Kier alpha value is -0.910. The fourth-order valence-electron chi connectivity index (χ4n) is 1.78. The summed E-state index contributed by atoms with van der Waals surface area (Å²) in [4.78, 5) is 13.9. The van der Waals surface area contributed by atoms with Gasteiger partial charge in [0, 0.05) is 18.0 Å². The van der Waals surface area contributed by atoms with Crippen LogP contribution in [0.4, 0.5) is 0 Å². The van der Waals surface area contributed by atoms with E-state index < -0.39 is 0 Å².